The number of hydrogen-bond donors (Lipinski definition) is 1. The molecular formula is C10H7NOS. The highest BCUT2D eigenvalue weighted by atomic mass is 32.2. The second kappa shape index (κ2) is 2.57. The van der Waals surface area contributed by atoms with Gasteiger partial charge in [0, 0.05) is 11.6 Å². The van der Waals surface area contributed by atoms with Crippen molar-refractivity contribution in [2.75, 3.05) is 0 Å². The molecule has 0 amide bonds. The van der Waals surface area contributed by atoms with Crippen molar-refractivity contribution in [2.45, 2.75) is 4.90 Å². The van der Waals surface area contributed by atoms with Gasteiger partial charge in [0.2, 0.25) is 0 Å². The van der Waals surface area contributed by atoms with Crippen molar-refractivity contribution in [2.24, 2.45) is 0 Å². The molecule has 0 aliphatic carbocycles. The Morgan fingerprint density at radius 2 is 2.15 bits per heavy atom. The van der Waals surface area contributed by atoms with Crippen LogP contribution in [0.25, 0.3) is 17.0 Å². The van der Waals surface area contributed by atoms with Gasteiger partial charge in [0.05, 0.1) is 4.90 Å². The van der Waals surface area contributed by atoms with Crippen molar-refractivity contribution < 1.29 is 4.42 Å². The maximum atomic E-state index is 5.64. The zero-order valence-electron chi connectivity index (χ0n) is 6.78. The molecule has 0 bridgehead atoms. The fourth-order valence-corrected chi connectivity index (χ4v) is 2.20. The van der Waals surface area contributed by atoms with Crippen LogP contribution in [0, 0.1) is 0 Å². The lowest BCUT2D eigenvalue weighted by molar-refractivity contribution is 0.594. The van der Waals surface area contributed by atoms with Crippen molar-refractivity contribution in [1.82, 2.24) is 4.72 Å². The fourth-order valence-electron chi connectivity index (χ4n) is 1.46. The summed E-state index contributed by atoms with van der Waals surface area (Å²) < 4.78 is 8.74. The van der Waals surface area contributed by atoms with Gasteiger partial charge in [-0.25, -0.2) is 0 Å². The molecule has 0 unspecified atom stereocenters. The molecule has 0 fully saturated rings. The Labute approximate surface area is 79.8 Å². The Morgan fingerprint density at radius 1 is 1.23 bits per heavy atom. The van der Waals surface area contributed by atoms with Crippen molar-refractivity contribution in [3.63, 3.8) is 0 Å². The van der Waals surface area contributed by atoms with E-state index in [-0.39, 0.29) is 0 Å². The van der Waals surface area contributed by atoms with Crippen molar-refractivity contribution >= 4 is 29.0 Å². The smallest absolute Gasteiger partial charge is 0.145 e. The second-order valence-electron chi connectivity index (χ2n) is 2.84. The van der Waals surface area contributed by atoms with Gasteiger partial charge in [0.15, 0.2) is 0 Å². The number of fused-ring (bicyclic) bond motifs is 3. The maximum Gasteiger partial charge on any atom is 0.145 e. The lowest BCUT2D eigenvalue weighted by Gasteiger charge is -2.03. The molecule has 1 aromatic heterocycles. The van der Waals surface area contributed by atoms with Crippen molar-refractivity contribution in [3.05, 3.63) is 36.2 Å². The molecule has 2 aromatic rings. The van der Waals surface area contributed by atoms with Crippen LogP contribution in [0.3, 0.4) is 0 Å². The summed E-state index contributed by atoms with van der Waals surface area (Å²) in [6.45, 7) is 0. The Hall–Kier alpha value is -1.35. The summed E-state index contributed by atoms with van der Waals surface area (Å²) in [7, 11) is 0. The number of furan rings is 1. The van der Waals surface area contributed by atoms with Crippen molar-refractivity contribution in [3.8, 4) is 0 Å². The highest BCUT2D eigenvalue weighted by Gasteiger charge is 2.13. The molecule has 1 aromatic carbocycles. The molecule has 0 saturated heterocycles. The van der Waals surface area contributed by atoms with Gasteiger partial charge in [-0.2, -0.15) is 0 Å². The summed E-state index contributed by atoms with van der Waals surface area (Å²) >= 11 is 1.59. The van der Waals surface area contributed by atoms with Crippen LogP contribution in [0.4, 0.5) is 0 Å². The molecule has 1 aliphatic rings. The summed E-state index contributed by atoms with van der Waals surface area (Å²) in [6.07, 6.45) is 3.83. The molecule has 3 rings (SSSR count). The largest absolute Gasteiger partial charge is 0.455 e. The van der Waals surface area contributed by atoms with Gasteiger partial charge >= 0.3 is 0 Å². The molecule has 1 N–H and O–H groups in total. The van der Waals surface area contributed by atoms with Gasteiger partial charge in [-0.15, -0.1) is 0 Å². The first-order valence-corrected chi connectivity index (χ1v) is 4.87. The number of nitrogens with one attached hydrogen (secondary N) is 1. The van der Waals surface area contributed by atoms with E-state index in [4.69, 9.17) is 4.42 Å². The molecule has 2 heterocycles. The summed E-state index contributed by atoms with van der Waals surface area (Å²) in [5.41, 5.74) is 0.952. The first-order chi connectivity index (χ1) is 6.45. The van der Waals surface area contributed by atoms with Crippen LogP contribution < -0.4 is 4.72 Å². The van der Waals surface area contributed by atoms with E-state index in [1.807, 2.05) is 30.5 Å². The van der Waals surface area contributed by atoms with E-state index in [9.17, 15) is 0 Å². The minimum atomic E-state index is 0.949. The predicted octanol–water partition coefficient (Wildman–Crippen LogP) is 3.01. The van der Waals surface area contributed by atoms with Crippen LogP contribution in [-0.4, -0.2) is 0 Å². The summed E-state index contributed by atoms with van der Waals surface area (Å²) in [6, 6.07) is 8.07. The summed E-state index contributed by atoms with van der Waals surface area (Å²) in [5, 5.41) is 1.18. The fraction of sp³-hybridized carbons (Fsp3) is 0. The number of hydrogen-bond acceptors (Lipinski definition) is 3. The lowest BCUT2D eigenvalue weighted by Crippen LogP contribution is -1.94. The van der Waals surface area contributed by atoms with E-state index in [1.165, 1.54) is 10.3 Å². The van der Waals surface area contributed by atoms with Crippen LogP contribution >= 0.6 is 11.9 Å². The number of para-hydroxylation sites is 1. The zero-order chi connectivity index (χ0) is 8.67. The quantitative estimate of drug-likeness (QED) is 0.645. The van der Waals surface area contributed by atoms with Gasteiger partial charge in [0.1, 0.15) is 11.3 Å². The summed E-state index contributed by atoms with van der Waals surface area (Å²) in [5.74, 6) is 0.949. The van der Waals surface area contributed by atoms with Gasteiger partial charge in [-0.1, -0.05) is 12.1 Å². The normalized spacial score (nSPS) is 14.2. The van der Waals surface area contributed by atoms with E-state index in [0.29, 0.717) is 0 Å². The lowest BCUT2D eigenvalue weighted by atomic mass is 10.2. The SMILES string of the molecule is C1=Cc2oc3ccccc3c2SN1. The van der Waals surface area contributed by atoms with Gasteiger partial charge in [-0.3, -0.25) is 0 Å². The Kier molecular flexibility index (Phi) is 1.40. The maximum absolute atomic E-state index is 5.64. The standard InChI is InChI=1S/C10H7NOS/c1-2-4-8-7(3-1)10-9(12-8)5-6-11-13-10/h1-6,11H. The number of rotatable bonds is 0. The molecule has 3 heteroatoms. The van der Waals surface area contributed by atoms with E-state index in [0.717, 1.165) is 11.3 Å². The van der Waals surface area contributed by atoms with Gasteiger partial charge in [0.25, 0.3) is 0 Å². The Balaban J connectivity index is 2.41. The highest BCUT2D eigenvalue weighted by molar-refractivity contribution is 7.97. The van der Waals surface area contributed by atoms with Crippen LogP contribution in [0.5, 0.6) is 0 Å². The monoisotopic (exact) mass is 189 g/mol. The molecule has 2 nitrogen and oxygen atoms in total. The van der Waals surface area contributed by atoms with E-state index < -0.39 is 0 Å². The molecule has 0 atom stereocenters. The molecule has 0 spiro atoms. The second-order valence-corrected chi connectivity index (χ2v) is 3.69. The molecule has 64 valence electrons. The topological polar surface area (TPSA) is 25.2 Å². The van der Waals surface area contributed by atoms with Crippen LogP contribution in [0.2, 0.25) is 0 Å². The Morgan fingerprint density at radius 3 is 3.15 bits per heavy atom. The molecule has 13 heavy (non-hydrogen) atoms. The predicted molar refractivity (Wildman–Crippen MR) is 54.2 cm³/mol. The molecule has 0 radical (unpaired) electrons. The summed E-state index contributed by atoms with van der Waals surface area (Å²) in [4.78, 5) is 1.18. The highest BCUT2D eigenvalue weighted by Crippen LogP contribution is 2.35. The third-order valence-corrected chi connectivity index (χ3v) is 2.92. The van der Waals surface area contributed by atoms with E-state index in [1.54, 1.807) is 11.9 Å². The van der Waals surface area contributed by atoms with Gasteiger partial charge in [-0.05, 0) is 30.2 Å². The first-order valence-electron chi connectivity index (χ1n) is 4.05. The molecular weight excluding hydrogens is 182 g/mol. The van der Waals surface area contributed by atoms with E-state index in [2.05, 4.69) is 10.8 Å². The minimum absolute atomic E-state index is 0.949. The third-order valence-electron chi connectivity index (χ3n) is 2.04. The van der Waals surface area contributed by atoms with Crippen LogP contribution in [0.15, 0.2) is 39.8 Å². The third kappa shape index (κ3) is 0.971. The average Bonchev–Trinajstić information content (AvgIpc) is 2.56. The Bertz CT molecular complexity index is 487. The minimum Gasteiger partial charge on any atom is -0.455 e. The average molecular weight is 189 g/mol. The van der Waals surface area contributed by atoms with E-state index >= 15 is 0 Å². The van der Waals surface area contributed by atoms with Crippen molar-refractivity contribution in [1.29, 1.82) is 0 Å². The zero-order valence-corrected chi connectivity index (χ0v) is 7.60. The van der Waals surface area contributed by atoms with Crippen LogP contribution in [0.1, 0.15) is 5.76 Å². The van der Waals surface area contributed by atoms with Crippen LogP contribution in [-0.2, 0) is 0 Å². The number of benzene rings is 1. The molecule has 1 aliphatic heterocycles. The molecule has 0 saturated carbocycles. The van der Waals surface area contributed by atoms with Gasteiger partial charge < -0.3 is 9.14 Å². The first kappa shape index (κ1) is 7.09.